The van der Waals surface area contributed by atoms with Gasteiger partial charge in [0.15, 0.2) is 0 Å². The average molecular weight is 265 g/mol. The van der Waals surface area contributed by atoms with Crippen molar-refractivity contribution in [3.8, 4) is 5.88 Å². The maximum absolute atomic E-state index is 5.89. The van der Waals surface area contributed by atoms with Gasteiger partial charge in [-0.05, 0) is 38.8 Å². The van der Waals surface area contributed by atoms with Gasteiger partial charge in [0.05, 0.1) is 5.69 Å². The average Bonchev–Trinajstić information content (AvgIpc) is 2.32. The summed E-state index contributed by atoms with van der Waals surface area (Å²) in [6.07, 6.45) is 2.34. The summed E-state index contributed by atoms with van der Waals surface area (Å²) in [5.41, 5.74) is 6.17. The first kappa shape index (κ1) is 15.6. The van der Waals surface area contributed by atoms with E-state index in [9.17, 15) is 0 Å². The highest BCUT2D eigenvalue weighted by Gasteiger charge is 2.15. The van der Waals surface area contributed by atoms with E-state index in [1.54, 1.807) is 0 Å². The summed E-state index contributed by atoms with van der Waals surface area (Å²) in [5, 5.41) is 3.35. The van der Waals surface area contributed by atoms with Crippen molar-refractivity contribution in [3.63, 3.8) is 0 Å². The molecule has 0 amide bonds. The van der Waals surface area contributed by atoms with Gasteiger partial charge in [-0.25, -0.2) is 0 Å². The molecule has 0 bridgehead atoms. The number of ether oxygens (including phenoxy) is 1. The second-order valence-corrected chi connectivity index (χ2v) is 5.87. The number of anilines is 2. The number of rotatable bonds is 6. The van der Waals surface area contributed by atoms with Crippen molar-refractivity contribution >= 4 is 11.5 Å². The van der Waals surface area contributed by atoms with Gasteiger partial charge in [0.25, 0.3) is 0 Å². The van der Waals surface area contributed by atoms with Crippen molar-refractivity contribution in [2.75, 3.05) is 17.6 Å². The SMILES string of the molecule is CCC(CC)CNc1ccc(N)c(OC(C)(C)C)n1. The number of hydrogen-bond acceptors (Lipinski definition) is 4. The molecule has 1 rings (SSSR count). The zero-order valence-electron chi connectivity index (χ0n) is 12.8. The van der Waals surface area contributed by atoms with Crippen LogP contribution in [0.5, 0.6) is 5.88 Å². The quantitative estimate of drug-likeness (QED) is 0.823. The summed E-state index contributed by atoms with van der Waals surface area (Å²) >= 11 is 0. The topological polar surface area (TPSA) is 60.2 Å². The van der Waals surface area contributed by atoms with Crippen LogP contribution in [0.2, 0.25) is 0 Å². The molecule has 0 aliphatic carbocycles. The van der Waals surface area contributed by atoms with Crippen LogP contribution in [0.25, 0.3) is 0 Å². The zero-order chi connectivity index (χ0) is 14.5. The molecule has 0 aliphatic heterocycles. The summed E-state index contributed by atoms with van der Waals surface area (Å²) in [5.74, 6) is 1.99. The van der Waals surface area contributed by atoms with Crippen LogP contribution in [0.4, 0.5) is 11.5 Å². The van der Waals surface area contributed by atoms with E-state index in [1.165, 1.54) is 12.8 Å². The van der Waals surface area contributed by atoms with Crippen molar-refractivity contribution in [1.82, 2.24) is 4.98 Å². The van der Waals surface area contributed by atoms with Gasteiger partial charge in [0, 0.05) is 6.54 Å². The van der Waals surface area contributed by atoms with Crippen LogP contribution >= 0.6 is 0 Å². The van der Waals surface area contributed by atoms with Gasteiger partial charge in [-0.1, -0.05) is 26.7 Å². The molecule has 1 heterocycles. The van der Waals surface area contributed by atoms with Gasteiger partial charge in [0.2, 0.25) is 5.88 Å². The molecule has 0 aliphatic rings. The molecule has 4 heteroatoms. The highest BCUT2D eigenvalue weighted by molar-refractivity contribution is 5.53. The molecule has 4 nitrogen and oxygen atoms in total. The fraction of sp³-hybridized carbons (Fsp3) is 0.667. The number of nitrogens with zero attached hydrogens (tertiary/aromatic N) is 1. The minimum Gasteiger partial charge on any atom is -0.470 e. The van der Waals surface area contributed by atoms with E-state index < -0.39 is 0 Å². The van der Waals surface area contributed by atoms with Crippen LogP contribution in [0.15, 0.2) is 12.1 Å². The third kappa shape index (κ3) is 5.37. The molecule has 0 fully saturated rings. The molecule has 19 heavy (non-hydrogen) atoms. The van der Waals surface area contributed by atoms with Gasteiger partial charge < -0.3 is 15.8 Å². The number of pyridine rings is 1. The highest BCUT2D eigenvalue weighted by Crippen LogP contribution is 2.25. The van der Waals surface area contributed by atoms with Gasteiger partial charge >= 0.3 is 0 Å². The lowest BCUT2D eigenvalue weighted by atomic mass is 10.0. The molecule has 0 saturated carbocycles. The number of nitrogen functional groups attached to an aromatic ring is 1. The third-order valence-electron chi connectivity index (χ3n) is 3.02. The van der Waals surface area contributed by atoms with Crippen molar-refractivity contribution in [2.24, 2.45) is 5.92 Å². The second kappa shape index (κ2) is 6.64. The molecule has 1 aromatic heterocycles. The van der Waals surface area contributed by atoms with Gasteiger partial charge in [-0.2, -0.15) is 4.98 Å². The molecule has 0 aromatic carbocycles. The van der Waals surface area contributed by atoms with Gasteiger partial charge in [0.1, 0.15) is 11.4 Å². The largest absolute Gasteiger partial charge is 0.470 e. The predicted octanol–water partition coefficient (Wildman–Crippen LogP) is 3.69. The minimum absolute atomic E-state index is 0.297. The number of hydrogen-bond donors (Lipinski definition) is 2. The Kier molecular flexibility index (Phi) is 5.45. The molecule has 3 N–H and O–H groups in total. The lowest BCUT2D eigenvalue weighted by Crippen LogP contribution is -2.24. The lowest BCUT2D eigenvalue weighted by Gasteiger charge is -2.22. The second-order valence-electron chi connectivity index (χ2n) is 5.87. The predicted molar refractivity (Wildman–Crippen MR) is 81.6 cm³/mol. The molecule has 0 unspecified atom stereocenters. The number of nitrogens with one attached hydrogen (secondary N) is 1. The van der Waals surface area contributed by atoms with Crippen LogP contribution in [-0.2, 0) is 0 Å². The Morgan fingerprint density at radius 2 is 1.89 bits per heavy atom. The minimum atomic E-state index is -0.297. The normalized spacial score (nSPS) is 11.7. The van der Waals surface area contributed by atoms with E-state index in [1.807, 2.05) is 32.9 Å². The maximum atomic E-state index is 5.89. The van der Waals surface area contributed by atoms with E-state index in [4.69, 9.17) is 10.5 Å². The summed E-state index contributed by atoms with van der Waals surface area (Å²) in [4.78, 5) is 4.44. The van der Waals surface area contributed by atoms with Crippen LogP contribution in [0.3, 0.4) is 0 Å². The summed E-state index contributed by atoms with van der Waals surface area (Å²) < 4.78 is 5.76. The summed E-state index contributed by atoms with van der Waals surface area (Å²) in [6.45, 7) is 11.3. The Morgan fingerprint density at radius 1 is 1.26 bits per heavy atom. The number of nitrogens with two attached hydrogens (primary N) is 1. The Hall–Kier alpha value is -1.45. The molecule has 1 aromatic rings. The zero-order valence-corrected chi connectivity index (χ0v) is 12.8. The lowest BCUT2D eigenvalue weighted by molar-refractivity contribution is 0.125. The van der Waals surface area contributed by atoms with Crippen LogP contribution in [0, 0.1) is 5.92 Å². The Morgan fingerprint density at radius 3 is 2.42 bits per heavy atom. The molecule has 0 saturated heterocycles. The van der Waals surface area contributed by atoms with Gasteiger partial charge in [-0.3, -0.25) is 0 Å². The first-order chi connectivity index (χ1) is 8.85. The molecule has 0 spiro atoms. The first-order valence-electron chi connectivity index (χ1n) is 7.05. The summed E-state index contributed by atoms with van der Waals surface area (Å²) in [6, 6.07) is 3.73. The number of aromatic nitrogens is 1. The summed E-state index contributed by atoms with van der Waals surface area (Å²) in [7, 11) is 0. The Balaban J connectivity index is 2.73. The van der Waals surface area contributed by atoms with Crippen LogP contribution in [0.1, 0.15) is 47.5 Å². The smallest absolute Gasteiger partial charge is 0.239 e. The van der Waals surface area contributed by atoms with E-state index in [0.717, 1.165) is 12.4 Å². The first-order valence-corrected chi connectivity index (χ1v) is 7.05. The highest BCUT2D eigenvalue weighted by atomic mass is 16.5. The molecular formula is C15H27N3O. The Bertz CT molecular complexity index is 395. The standard InChI is InChI=1S/C15H27N3O/c1-6-11(7-2)10-17-13-9-8-12(16)14(18-13)19-15(3,4)5/h8-9,11H,6-7,10,16H2,1-5H3,(H,17,18). The molecule has 108 valence electrons. The fourth-order valence-electron chi connectivity index (χ4n) is 1.75. The van der Waals surface area contributed by atoms with Gasteiger partial charge in [-0.15, -0.1) is 0 Å². The van der Waals surface area contributed by atoms with Crippen LogP contribution in [-0.4, -0.2) is 17.1 Å². The Labute approximate surface area is 116 Å². The van der Waals surface area contributed by atoms with E-state index >= 15 is 0 Å². The van der Waals surface area contributed by atoms with Crippen molar-refractivity contribution in [3.05, 3.63) is 12.1 Å². The monoisotopic (exact) mass is 265 g/mol. The van der Waals surface area contributed by atoms with Crippen molar-refractivity contribution in [2.45, 2.75) is 53.1 Å². The maximum Gasteiger partial charge on any atom is 0.239 e. The molecule has 0 atom stereocenters. The van der Waals surface area contributed by atoms with Crippen molar-refractivity contribution < 1.29 is 4.74 Å². The molecule has 0 radical (unpaired) electrons. The van der Waals surface area contributed by atoms with E-state index in [-0.39, 0.29) is 5.60 Å². The van der Waals surface area contributed by atoms with E-state index in [2.05, 4.69) is 24.1 Å². The van der Waals surface area contributed by atoms with E-state index in [0.29, 0.717) is 17.5 Å². The van der Waals surface area contributed by atoms with Crippen LogP contribution < -0.4 is 15.8 Å². The molecular weight excluding hydrogens is 238 g/mol. The third-order valence-corrected chi connectivity index (χ3v) is 3.02. The van der Waals surface area contributed by atoms with Crippen molar-refractivity contribution in [1.29, 1.82) is 0 Å². The fourth-order valence-corrected chi connectivity index (χ4v) is 1.75.